The van der Waals surface area contributed by atoms with E-state index in [2.05, 4.69) is 127 Å². The van der Waals surface area contributed by atoms with E-state index in [0.29, 0.717) is 0 Å². The lowest BCUT2D eigenvalue weighted by atomic mass is 9.94. The molecule has 0 amide bonds. The molecule has 0 atom stereocenters. The SMILES string of the molecule is O=P(c1ccccc1)(c1ccccc1)c1ccc(-c2c(-c3cccc(-c4ccccc4)c3)sc3c2c(-c2ccccc2)nc2ccccc23)cc1. The van der Waals surface area contributed by atoms with E-state index in [9.17, 15) is 0 Å². The van der Waals surface area contributed by atoms with Gasteiger partial charge in [0.2, 0.25) is 0 Å². The van der Waals surface area contributed by atoms with Crippen molar-refractivity contribution in [3.8, 4) is 44.0 Å². The molecule has 2 nitrogen and oxygen atoms in total. The van der Waals surface area contributed by atoms with Crippen LogP contribution in [0.4, 0.5) is 0 Å². The molecule has 0 radical (unpaired) electrons. The summed E-state index contributed by atoms with van der Waals surface area (Å²) in [6.07, 6.45) is 0. The van der Waals surface area contributed by atoms with Gasteiger partial charge in [0.25, 0.3) is 0 Å². The van der Waals surface area contributed by atoms with Crippen LogP contribution in [0.5, 0.6) is 0 Å². The summed E-state index contributed by atoms with van der Waals surface area (Å²) in [6.45, 7) is 0. The molecule has 2 heterocycles. The molecule has 0 N–H and O–H groups in total. The minimum Gasteiger partial charge on any atom is -0.309 e. The second-order valence-corrected chi connectivity index (χ2v) is 16.4. The maximum atomic E-state index is 15.3. The van der Waals surface area contributed by atoms with Crippen LogP contribution in [0, 0.1) is 0 Å². The first-order chi connectivity index (χ1) is 25.2. The van der Waals surface area contributed by atoms with Crippen LogP contribution >= 0.6 is 18.5 Å². The quantitative estimate of drug-likeness (QED) is 0.156. The molecule has 0 saturated carbocycles. The van der Waals surface area contributed by atoms with E-state index >= 15 is 4.57 Å². The lowest BCUT2D eigenvalue weighted by Crippen LogP contribution is -2.24. The molecule has 0 fully saturated rings. The molecule has 9 rings (SSSR count). The first-order valence-corrected chi connectivity index (χ1v) is 19.6. The van der Waals surface area contributed by atoms with Crippen LogP contribution < -0.4 is 15.9 Å². The van der Waals surface area contributed by atoms with Gasteiger partial charge in [0.15, 0.2) is 7.14 Å². The molecule has 9 aromatic rings. The van der Waals surface area contributed by atoms with Gasteiger partial charge in [-0.05, 0) is 34.4 Å². The number of thiophene rings is 1. The lowest BCUT2D eigenvalue weighted by Gasteiger charge is -2.20. The number of aromatic nitrogens is 1. The van der Waals surface area contributed by atoms with E-state index < -0.39 is 7.14 Å². The molecule has 0 unspecified atom stereocenters. The van der Waals surface area contributed by atoms with Crippen molar-refractivity contribution in [3.05, 3.63) is 194 Å². The fourth-order valence-electron chi connectivity index (χ4n) is 7.10. The second-order valence-electron chi connectivity index (χ2n) is 12.6. The Kier molecular flexibility index (Phi) is 8.01. The average molecular weight is 690 g/mol. The predicted molar refractivity (Wildman–Crippen MR) is 218 cm³/mol. The minimum absolute atomic E-state index is 0.808. The molecule has 0 bridgehead atoms. The number of para-hydroxylation sites is 1. The Balaban J connectivity index is 1.32. The number of rotatable bonds is 7. The maximum absolute atomic E-state index is 15.3. The van der Waals surface area contributed by atoms with Gasteiger partial charge in [0, 0.05) is 47.4 Å². The minimum atomic E-state index is -3.13. The van der Waals surface area contributed by atoms with Gasteiger partial charge in [-0.25, -0.2) is 4.98 Å². The van der Waals surface area contributed by atoms with Gasteiger partial charge >= 0.3 is 0 Å². The third-order valence-electron chi connectivity index (χ3n) is 9.56. The second kappa shape index (κ2) is 13.1. The molecular formula is C47H32NOPS. The Bertz CT molecular complexity index is 2650. The number of benzene rings is 7. The highest BCUT2D eigenvalue weighted by molar-refractivity contribution is 7.85. The Morgan fingerprint density at radius 2 is 0.941 bits per heavy atom. The normalized spacial score (nSPS) is 11.6. The lowest BCUT2D eigenvalue weighted by molar-refractivity contribution is 0.592. The Hall–Kier alpha value is -5.86. The zero-order chi connectivity index (χ0) is 34.2. The van der Waals surface area contributed by atoms with E-state index in [0.717, 1.165) is 60.2 Å². The summed E-state index contributed by atoms with van der Waals surface area (Å²) in [5.74, 6) is 0. The van der Waals surface area contributed by atoms with Crippen molar-refractivity contribution in [2.45, 2.75) is 0 Å². The molecule has 51 heavy (non-hydrogen) atoms. The fourth-order valence-corrected chi connectivity index (χ4v) is 11.1. The Morgan fingerprint density at radius 1 is 0.431 bits per heavy atom. The summed E-state index contributed by atoms with van der Waals surface area (Å²) >= 11 is 1.82. The highest BCUT2D eigenvalue weighted by atomic mass is 32.1. The molecular weight excluding hydrogens is 658 g/mol. The molecule has 2 aromatic heterocycles. The van der Waals surface area contributed by atoms with Crippen LogP contribution in [0.1, 0.15) is 0 Å². The zero-order valence-electron chi connectivity index (χ0n) is 27.7. The number of pyridine rings is 1. The van der Waals surface area contributed by atoms with Crippen LogP contribution in [-0.4, -0.2) is 4.98 Å². The van der Waals surface area contributed by atoms with Gasteiger partial charge in [0.1, 0.15) is 0 Å². The van der Waals surface area contributed by atoms with E-state index in [-0.39, 0.29) is 0 Å². The highest BCUT2D eigenvalue weighted by Crippen LogP contribution is 2.51. The van der Waals surface area contributed by atoms with Crippen molar-refractivity contribution in [3.63, 3.8) is 0 Å². The number of hydrogen-bond acceptors (Lipinski definition) is 3. The summed E-state index contributed by atoms with van der Waals surface area (Å²) in [6, 6.07) is 66.5. The van der Waals surface area contributed by atoms with E-state index in [4.69, 9.17) is 4.98 Å². The van der Waals surface area contributed by atoms with Crippen LogP contribution in [0.15, 0.2) is 194 Å². The number of nitrogens with zero attached hydrogens (tertiary/aromatic N) is 1. The van der Waals surface area contributed by atoms with Gasteiger partial charge in [-0.1, -0.05) is 182 Å². The van der Waals surface area contributed by atoms with Gasteiger partial charge in [0.05, 0.1) is 11.2 Å². The summed E-state index contributed by atoms with van der Waals surface area (Å²) in [5, 5.41) is 4.73. The van der Waals surface area contributed by atoms with Crippen LogP contribution in [0.25, 0.3) is 64.9 Å². The van der Waals surface area contributed by atoms with Gasteiger partial charge in [-0.2, -0.15) is 0 Å². The van der Waals surface area contributed by atoms with Crippen molar-refractivity contribution in [2.75, 3.05) is 0 Å². The first-order valence-electron chi connectivity index (χ1n) is 17.1. The molecule has 0 aliphatic rings. The van der Waals surface area contributed by atoms with Gasteiger partial charge < -0.3 is 4.57 Å². The first kappa shape index (κ1) is 31.1. The van der Waals surface area contributed by atoms with Crippen LogP contribution in [-0.2, 0) is 4.57 Å². The molecule has 0 aliphatic carbocycles. The molecule has 4 heteroatoms. The van der Waals surface area contributed by atoms with Crippen molar-refractivity contribution < 1.29 is 4.57 Å². The summed E-state index contributed by atoms with van der Waals surface area (Å²) in [5.41, 5.74) is 8.72. The monoisotopic (exact) mass is 689 g/mol. The fraction of sp³-hybridized carbons (Fsp3) is 0. The maximum Gasteiger partial charge on any atom is 0.171 e. The summed E-state index contributed by atoms with van der Waals surface area (Å²) in [7, 11) is -3.13. The van der Waals surface area contributed by atoms with Gasteiger partial charge in [-0.3, -0.25) is 0 Å². The third kappa shape index (κ3) is 5.52. The smallest absolute Gasteiger partial charge is 0.171 e. The third-order valence-corrected chi connectivity index (χ3v) is 13.9. The molecule has 0 saturated heterocycles. The van der Waals surface area contributed by atoms with Crippen molar-refractivity contribution in [2.24, 2.45) is 0 Å². The molecule has 0 spiro atoms. The molecule has 0 aliphatic heterocycles. The van der Waals surface area contributed by atoms with Crippen molar-refractivity contribution in [1.82, 2.24) is 4.98 Å². The van der Waals surface area contributed by atoms with Crippen LogP contribution in [0.3, 0.4) is 0 Å². The largest absolute Gasteiger partial charge is 0.309 e. The van der Waals surface area contributed by atoms with E-state index in [1.165, 1.54) is 20.7 Å². The van der Waals surface area contributed by atoms with E-state index in [1.807, 2.05) is 78.1 Å². The Morgan fingerprint density at radius 3 is 1.59 bits per heavy atom. The average Bonchev–Trinajstić information content (AvgIpc) is 3.63. The topological polar surface area (TPSA) is 30.0 Å². The standard InChI is InChI=1S/C47H32NOPS/c49-50(38-22-9-3-10-23-38,39-24-11-4-12-25-39)40-30-28-34(29-31-40)43-44-45(35-18-7-2-8-19-35)48-42-27-14-13-26-41(42)47(44)51-46(43)37-21-15-20-36(32-37)33-16-5-1-6-17-33/h1-32H. The summed E-state index contributed by atoms with van der Waals surface area (Å²) in [4.78, 5) is 6.51. The summed E-state index contributed by atoms with van der Waals surface area (Å²) < 4.78 is 16.5. The zero-order valence-corrected chi connectivity index (χ0v) is 29.4. The highest BCUT2D eigenvalue weighted by Gasteiger charge is 2.30. The Labute approximate surface area is 301 Å². The molecule has 242 valence electrons. The number of fused-ring (bicyclic) bond motifs is 3. The predicted octanol–water partition coefficient (Wildman–Crippen LogP) is 11.8. The van der Waals surface area contributed by atoms with E-state index in [1.54, 1.807) is 0 Å². The number of hydrogen-bond donors (Lipinski definition) is 0. The van der Waals surface area contributed by atoms with Crippen molar-refractivity contribution in [1.29, 1.82) is 0 Å². The van der Waals surface area contributed by atoms with Crippen molar-refractivity contribution >= 4 is 55.4 Å². The van der Waals surface area contributed by atoms with Gasteiger partial charge in [-0.15, -0.1) is 11.3 Å². The van der Waals surface area contributed by atoms with Crippen LogP contribution in [0.2, 0.25) is 0 Å². The molecule has 7 aromatic carbocycles.